The van der Waals surface area contributed by atoms with E-state index in [9.17, 15) is 14.0 Å². The molecule has 0 aliphatic carbocycles. The molecule has 1 fully saturated rings. The first-order valence-corrected chi connectivity index (χ1v) is 10.3. The number of ether oxygens (including phenoxy) is 1. The standard InChI is InChI=1S/C23H28FN3O3/c24-20-3-1-2-4-21(20)30-16-12-22(28)26-19-7-5-17(6-8-19)9-13-27-14-10-18(11-15-27)23(25)29/h1-8,18H,9-16H2,(H2,25,29)(H,26,28). The first-order chi connectivity index (χ1) is 14.5. The van der Waals surface area contributed by atoms with Crippen molar-refractivity contribution in [2.45, 2.75) is 25.7 Å². The second-order valence-electron chi connectivity index (χ2n) is 7.54. The molecule has 0 radical (unpaired) electrons. The highest BCUT2D eigenvalue weighted by Crippen LogP contribution is 2.18. The van der Waals surface area contributed by atoms with Gasteiger partial charge in [0, 0.05) is 18.2 Å². The maximum atomic E-state index is 13.5. The Labute approximate surface area is 176 Å². The van der Waals surface area contributed by atoms with Crippen LogP contribution in [0, 0.1) is 11.7 Å². The van der Waals surface area contributed by atoms with Crippen molar-refractivity contribution in [3.8, 4) is 5.75 Å². The number of halogens is 1. The van der Waals surface area contributed by atoms with Crippen molar-refractivity contribution in [1.29, 1.82) is 0 Å². The summed E-state index contributed by atoms with van der Waals surface area (Å²) < 4.78 is 18.8. The SMILES string of the molecule is NC(=O)C1CCN(CCc2ccc(NC(=O)CCOc3ccccc3F)cc2)CC1. The maximum Gasteiger partial charge on any atom is 0.227 e. The summed E-state index contributed by atoms with van der Waals surface area (Å²) in [6.07, 6.45) is 2.71. The third-order valence-corrected chi connectivity index (χ3v) is 5.37. The van der Waals surface area contributed by atoms with Gasteiger partial charge in [0.2, 0.25) is 11.8 Å². The van der Waals surface area contributed by atoms with E-state index in [2.05, 4.69) is 10.2 Å². The van der Waals surface area contributed by atoms with Gasteiger partial charge in [-0.2, -0.15) is 0 Å². The molecule has 1 aliphatic heterocycles. The van der Waals surface area contributed by atoms with Gasteiger partial charge in [-0.25, -0.2) is 4.39 Å². The zero-order valence-electron chi connectivity index (χ0n) is 17.0. The number of carbonyl (C=O) groups is 2. The monoisotopic (exact) mass is 413 g/mol. The van der Waals surface area contributed by atoms with Gasteiger partial charge >= 0.3 is 0 Å². The van der Waals surface area contributed by atoms with Crippen molar-refractivity contribution in [3.05, 3.63) is 59.9 Å². The highest BCUT2D eigenvalue weighted by atomic mass is 19.1. The van der Waals surface area contributed by atoms with Crippen LogP contribution < -0.4 is 15.8 Å². The van der Waals surface area contributed by atoms with Crippen LogP contribution >= 0.6 is 0 Å². The van der Waals surface area contributed by atoms with Crippen LogP contribution in [0.25, 0.3) is 0 Å². The Morgan fingerprint density at radius 2 is 1.80 bits per heavy atom. The van der Waals surface area contributed by atoms with Crippen LogP contribution in [0.2, 0.25) is 0 Å². The van der Waals surface area contributed by atoms with Crippen molar-refractivity contribution >= 4 is 17.5 Å². The van der Waals surface area contributed by atoms with Gasteiger partial charge in [0.15, 0.2) is 11.6 Å². The molecule has 3 rings (SSSR count). The van der Waals surface area contributed by atoms with Crippen molar-refractivity contribution in [2.75, 3.05) is 31.6 Å². The molecule has 1 saturated heterocycles. The molecule has 2 amide bonds. The molecule has 0 bridgehead atoms. The lowest BCUT2D eigenvalue weighted by Crippen LogP contribution is -2.39. The number of benzene rings is 2. The minimum atomic E-state index is -0.439. The Bertz CT molecular complexity index is 849. The number of anilines is 1. The Kier molecular flexibility index (Phi) is 7.79. The fraction of sp³-hybridized carbons (Fsp3) is 0.391. The highest BCUT2D eigenvalue weighted by molar-refractivity contribution is 5.90. The van der Waals surface area contributed by atoms with E-state index in [0.29, 0.717) is 0 Å². The molecule has 1 aliphatic rings. The van der Waals surface area contributed by atoms with Gasteiger partial charge in [0.05, 0.1) is 13.0 Å². The Morgan fingerprint density at radius 3 is 2.47 bits per heavy atom. The molecule has 2 aromatic rings. The van der Waals surface area contributed by atoms with Crippen LogP contribution in [0.5, 0.6) is 5.75 Å². The maximum absolute atomic E-state index is 13.5. The molecule has 30 heavy (non-hydrogen) atoms. The van der Waals surface area contributed by atoms with Crippen LogP contribution in [0.3, 0.4) is 0 Å². The molecule has 6 nitrogen and oxygen atoms in total. The number of hydrogen-bond donors (Lipinski definition) is 2. The lowest BCUT2D eigenvalue weighted by atomic mass is 9.96. The van der Waals surface area contributed by atoms with Crippen molar-refractivity contribution in [3.63, 3.8) is 0 Å². The number of nitrogens with one attached hydrogen (secondary N) is 1. The topological polar surface area (TPSA) is 84.7 Å². The van der Waals surface area contributed by atoms with E-state index in [1.807, 2.05) is 24.3 Å². The van der Waals surface area contributed by atoms with E-state index in [0.717, 1.165) is 44.6 Å². The zero-order valence-corrected chi connectivity index (χ0v) is 17.0. The van der Waals surface area contributed by atoms with Crippen molar-refractivity contribution in [2.24, 2.45) is 11.7 Å². The molecular weight excluding hydrogens is 385 g/mol. The van der Waals surface area contributed by atoms with Crippen LogP contribution in [-0.2, 0) is 16.0 Å². The molecule has 7 heteroatoms. The van der Waals surface area contributed by atoms with Crippen molar-refractivity contribution < 1.29 is 18.7 Å². The number of hydrogen-bond acceptors (Lipinski definition) is 4. The van der Waals surface area contributed by atoms with Gasteiger partial charge in [-0.3, -0.25) is 9.59 Å². The van der Waals surface area contributed by atoms with Crippen molar-refractivity contribution in [1.82, 2.24) is 4.90 Å². The molecule has 0 aromatic heterocycles. The number of para-hydroxylation sites is 1. The molecule has 3 N–H and O–H groups in total. The van der Waals surface area contributed by atoms with Gasteiger partial charge in [-0.15, -0.1) is 0 Å². The normalized spacial score (nSPS) is 15.0. The first kappa shape index (κ1) is 21.8. The third-order valence-electron chi connectivity index (χ3n) is 5.37. The number of likely N-dealkylation sites (tertiary alicyclic amines) is 1. The highest BCUT2D eigenvalue weighted by Gasteiger charge is 2.22. The van der Waals surface area contributed by atoms with Crippen LogP contribution in [0.15, 0.2) is 48.5 Å². The quantitative estimate of drug-likeness (QED) is 0.662. The number of nitrogens with zero attached hydrogens (tertiary/aromatic N) is 1. The molecule has 160 valence electrons. The summed E-state index contributed by atoms with van der Waals surface area (Å²) in [7, 11) is 0. The fourth-order valence-corrected chi connectivity index (χ4v) is 3.52. The Balaban J connectivity index is 1.36. The number of carbonyl (C=O) groups excluding carboxylic acids is 2. The van der Waals surface area contributed by atoms with Crippen LogP contribution in [-0.4, -0.2) is 43.0 Å². The number of amides is 2. The number of primary amides is 1. The minimum Gasteiger partial charge on any atom is -0.490 e. The van der Waals surface area contributed by atoms with E-state index in [1.54, 1.807) is 12.1 Å². The zero-order chi connectivity index (χ0) is 21.3. The second kappa shape index (κ2) is 10.7. The van der Waals surface area contributed by atoms with E-state index >= 15 is 0 Å². The van der Waals surface area contributed by atoms with Gasteiger partial charge in [0.1, 0.15) is 0 Å². The summed E-state index contributed by atoms with van der Waals surface area (Å²) in [4.78, 5) is 25.6. The van der Waals surface area contributed by atoms with Crippen LogP contribution in [0.4, 0.5) is 10.1 Å². The van der Waals surface area contributed by atoms with E-state index in [4.69, 9.17) is 10.5 Å². The third kappa shape index (κ3) is 6.56. The average Bonchev–Trinajstić information content (AvgIpc) is 2.75. The molecular formula is C23H28FN3O3. The largest absolute Gasteiger partial charge is 0.490 e. The molecule has 0 atom stereocenters. The minimum absolute atomic E-state index is 0.0151. The summed E-state index contributed by atoms with van der Waals surface area (Å²) in [5.41, 5.74) is 7.28. The van der Waals surface area contributed by atoms with E-state index < -0.39 is 5.82 Å². The van der Waals surface area contributed by atoms with Gasteiger partial charge in [-0.05, 0) is 62.2 Å². The van der Waals surface area contributed by atoms with Gasteiger partial charge < -0.3 is 20.7 Å². The Morgan fingerprint density at radius 1 is 1.10 bits per heavy atom. The van der Waals surface area contributed by atoms with Crippen LogP contribution in [0.1, 0.15) is 24.8 Å². The predicted molar refractivity (Wildman–Crippen MR) is 114 cm³/mol. The predicted octanol–water partition coefficient (Wildman–Crippen LogP) is 2.97. The van der Waals surface area contributed by atoms with Gasteiger partial charge in [0.25, 0.3) is 0 Å². The van der Waals surface area contributed by atoms with Gasteiger partial charge in [-0.1, -0.05) is 24.3 Å². The lowest BCUT2D eigenvalue weighted by Gasteiger charge is -2.30. The fourth-order valence-electron chi connectivity index (χ4n) is 3.52. The number of piperidine rings is 1. The number of rotatable bonds is 9. The molecule has 1 heterocycles. The summed E-state index contributed by atoms with van der Waals surface area (Å²) in [6.45, 7) is 2.84. The first-order valence-electron chi connectivity index (χ1n) is 10.3. The summed E-state index contributed by atoms with van der Waals surface area (Å²) >= 11 is 0. The smallest absolute Gasteiger partial charge is 0.227 e. The van der Waals surface area contributed by atoms with E-state index in [1.165, 1.54) is 17.7 Å². The number of nitrogens with two attached hydrogens (primary N) is 1. The van der Waals surface area contributed by atoms with E-state index in [-0.39, 0.29) is 36.5 Å². The molecule has 2 aromatic carbocycles. The lowest BCUT2D eigenvalue weighted by molar-refractivity contribution is -0.123. The second-order valence-corrected chi connectivity index (χ2v) is 7.54. The molecule has 0 saturated carbocycles. The molecule has 0 spiro atoms. The average molecular weight is 413 g/mol. The molecule has 0 unspecified atom stereocenters. The summed E-state index contributed by atoms with van der Waals surface area (Å²) in [5.74, 6) is -0.650. The Hall–Kier alpha value is -2.93. The summed E-state index contributed by atoms with van der Waals surface area (Å²) in [6, 6.07) is 13.9. The summed E-state index contributed by atoms with van der Waals surface area (Å²) in [5, 5.41) is 2.82.